The summed E-state index contributed by atoms with van der Waals surface area (Å²) in [6, 6.07) is 13.0. The maximum absolute atomic E-state index is 6.22. The van der Waals surface area contributed by atoms with Gasteiger partial charge in [-0.15, -0.1) is 0 Å². The summed E-state index contributed by atoms with van der Waals surface area (Å²) in [5.41, 5.74) is 7.92. The third-order valence-electron chi connectivity index (χ3n) is 7.58. The van der Waals surface area contributed by atoms with Crippen molar-refractivity contribution < 1.29 is 4.74 Å². The van der Waals surface area contributed by atoms with Crippen LogP contribution in [0.5, 0.6) is 5.75 Å². The van der Waals surface area contributed by atoms with Gasteiger partial charge >= 0.3 is 0 Å². The number of rotatable bonds is 5. The average Bonchev–Trinajstić information content (AvgIpc) is 3.45. The molecular weight excluding hydrogens is 460 g/mol. The van der Waals surface area contributed by atoms with Crippen LogP contribution in [-0.4, -0.2) is 51.1 Å². The molecule has 0 bridgehead atoms. The molecule has 0 radical (unpaired) electrons. The van der Waals surface area contributed by atoms with Crippen LogP contribution in [0.15, 0.2) is 36.4 Å². The summed E-state index contributed by atoms with van der Waals surface area (Å²) in [6.07, 6.45) is 2.54. The largest absolute Gasteiger partial charge is 0.491 e. The first-order valence-electron chi connectivity index (χ1n) is 13.5. The fraction of sp³-hybridized carbons (Fsp3) is 0.433. The van der Waals surface area contributed by atoms with Crippen molar-refractivity contribution in [3.8, 4) is 16.9 Å². The number of hydrogen-bond acceptors (Lipinski definition) is 6. The Kier molecular flexibility index (Phi) is 6.32. The van der Waals surface area contributed by atoms with Gasteiger partial charge in [-0.1, -0.05) is 26.0 Å². The van der Waals surface area contributed by atoms with Crippen LogP contribution in [0.3, 0.4) is 0 Å². The Morgan fingerprint density at radius 1 is 0.946 bits per heavy atom. The minimum absolute atomic E-state index is 0.343. The number of aromatic amines is 1. The lowest BCUT2D eigenvalue weighted by molar-refractivity contribution is 0.321. The molecule has 7 heteroatoms. The highest BCUT2D eigenvalue weighted by Crippen LogP contribution is 2.34. The molecule has 4 aromatic rings. The maximum atomic E-state index is 6.22. The molecular formula is C30H36N6O. The van der Waals surface area contributed by atoms with Gasteiger partial charge in [0.2, 0.25) is 0 Å². The van der Waals surface area contributed by atoms with Crippen molar-refractivity contribution in [1.29, 1.82) is 0 Å². The molecule has 2 aliphatic heterocycles. The standard InChI is InChI=1S/C30H36N6O/c1-19(2)29-20(3)31-28(18-35-11-5-6-12-35)34-30(29)36-13-14-37-27-10-8-22(15-24(27)17-36)23-7-9-25-26(16-23)33-21(4)32-25/h7-10,15-16,19H,5-6,11-14,17-18H2,1-4H3,(H,32,33). The number of nitrogens with zero attached hydrogens (tertiary/aromatic N) is 5. The summed E-state index contributed by atoms with van der Waals surface area (Å²) in [7, 11) is 0. The quantitative estimate of drug-likeness (QED) is 0.379. The molecule has 0 amide bonds. The Morgan fingerprint density at radius 2 is 1.73 bits per heavy atom. The number of ether oxygens (including phenoxy) is 1. The smallest absolute Gasteiger partial charge is 0.144 e. The molecule has 0 spiro atoms. The Balaban J connectivity index is 1.35. The van der Waals surface area contributed by atoms with Gasteiger partial charge in [0.05, 0.1) is 24.1 Å². The third kappa shape index (κ3) is 4.80. The van der Waals surface area contributed by atoms with Gasteiger partial charge in [-0.3, -0.25) is 4.90 Å². The van der Waals surface area contributed by atoms with Crippen molar-refractivity contribution in [2.24, 2.45) is 0 Å². The normalized spacial score (nSPS) is 16.3. The van der Waals surface area contributed by atoms with E-state index in [0.29, 0.717) is 12.5 Å². The number of hydrogen-bond donors (Lipinski definition) is 1. The fourth-order valence-electron chi connectivity index (χ4n) is 5.82. The van der Waals surface area contributed by atoms with Crippen LogP contribution in [0.1, 0.15) is 61.1 Å². The van der Waals surface area contributed by atoms with Crippen molar-refractivity contribution in [3.05, 3.63) is 64.9 Å². The van der Waals surface area contributed by atoms with E-state index in [4.69, 9.17) is 14.7 Å². The van der Waals surface area contributed by atoms with Gasteiger partial charge in [0.1, 0.15) is 29.8 Å². The van der Waals surface area contributed by atoms with Crippen LogP contribution in [0.2, 0.25) is 0 Å². The highest BCUT2D eigenvalue weighted by atomic mass is 16.5. The first-order valence-corrected chi connectivity index (χ1v) is 13.5. The van der Waals surface area contributed by atoms with Gasteiger partial charge < -0.3 is 14.6 Å². The molecule has 0 unspecified atom stereocenters. The predicted octanol–water partition coefficient (Wildman–Crippen LogP) is 5.75. The molecule has 192 valence electrons. The molecule has 1 fully saturated rings. The molecule has 2 aliphatic rings. The zero-order valence-corrected chi connectivity index (χ0v) is 22.3. The molecule has 2 aromatic carbocycles. The monoisotopic (exact) mass is 496 g/mol. The lowest BCUT2D eigenvalue weighted by atomic mass is 10.00. The SMILES string of the molecule is Cc1nc2ccc(-c3ccc4c(c3)CN(c3nc(CN5CCCC5)nc(C)c3C(C)C)CCO4)cc2[nH]1. The van der Waals surface area contributed by atoms with E-state index >= 15 is 0 Å². The zero-order chi connectivity index (χ0) is 25.5. The van der Waals surface area contributed by atoms with E-state index < -0.39 is 0 Å². The van der Waals surface area contributed by atoms with Crippen LogP contribution < -0.4 is 9.64 Å². The summed E-state index contributed by atoms with van der Waals surface area (Å²) < 4.78 is 6.22. The van der Waals surface area contributed by atoms with Crippen molar-refractivity contribution in [1.82, 2.24) is 24.8 Å². The summed E-state index contributed by atoms with van der Waals surface area (Å²) in [5.74, 6) is 4.23. The lowest BCUT2D eigenvalue weighted by Crippen LogP contribution is -2.29. The molecule has 37 heavy (non-hydrogen) atoms. The van der Waals surface area contributed by atoms with Gasteiger partial charge in [-0.25, -0.2) is 15.0 Å². The van der Waals surface area contributed by atoms with Gasteiger partial charge in [-0.2, -0.15) is 0 Å². The number of anilines is 1. The third-order valence-corrected chi connectivity index (χ3v) is 7.58. The van der Waals surface area contributed by atoms with Gasteiger partial charge in [0, 0.05) is 23.4 Å². The predicted molar refractivity (Wildman–Crippen MR) is 148 cm³/mol. The molecule has 1 saturated heterocycles. The number of nitrogens with one attached hydrogen (secondary N) is 1. The van der Waals surface area contributed by atoms with Gasteiger partial charge in [0.25, 0.3) is 0 Å². The first-order chi connectivity index (χ1) is 17.9. The zero-order valence-electron chi connectivity index (χ0n) is 22.3. The fourth-order valence-corrected chi connectivity index (χ4v) is 5.82. The van der Waals surface area contributed by atoms with E-state index in [-0.39, 0.29) is 0 Å². The minimum Gasteiger partial charge on any atom is -0.491 e. The van der Waals surface area contributed by atoms with E-state index in [1.165, 1.54) is 35.1 Å². The molecule has 2 aromatic heterocycles. The first kappa shape index (κ1) is 23.9. The Morgan fingerprint density at radius 3 is 2.54 bits per heavy atom. The number of fused-ring (bicyclic) bond motifs is 2. The maximum Gasteiger partial charge on any atom is 0.144 e. The van der Waals surface area contributed by atoms with Crippen molar-refractivity contribution in [2.75, 3.05) is 31.1 Å². The van der Waals surface area contributed by atoms with Crippen LogP contribution in [0.25, 0.3) is 22.2 Å². The lowest BCUT2D eigenvalue weighted by Gasteiger charge is -2.27. The molecule has 4 heterocycles. The number of imidazole rings is 1. The highest BCUT2D eigenvalue weighted by molar-refractivity contribution is 5.82. The van der Waals surface area contributed by atoms with Crippen LogP contribution >= 0.6 is 0 Å². The number of benzene rings is 2. The molecule has 0 aliphatic carbocycles. The number of H-pyrrole nitrogens is 1. The summed E-state index contributed by atoms with van der Waals surface area (Å²) in [4.78, 5) is 22.9. The van der Waals surface area contributed by atoms with Gasteiger partial charge in [0.15, 0.2) is 0 Å². The molecule has 1 N–H and O–H groups in total. The summed E-state index contributed by atoms with van der Waals surface area (Å²) in [6.45, 7) is 13.9. The Hall–Kier alpha value is -3.45. The average molecular weight is 497 g/mol. The Labute approximate surface area is 218 Å². The number of aromatic nitrogens is 4. The second kappa shape index (κ2) is 9.78. The number of likely N-dealkylation sites (tertiary alicyclic amines) is 1. The second-order valence-corrected chi connectivity index (χ2v) is 10.7. The summed E-state index contributed by atoms with van der Waals surface area (Å²) >= 11 is 0. The highest BCUT2D eigenvalue weighted by Gasteiger charge is 2.24. The molecule has 7 nitrogen and oxygen atoms in total. The minimum atomic E-state index is 0.343. The van der Waals surface area contributed by atoms with Crippen LogP contribution in [0.4, 0.5) is 5.82 Å². The number of aryl methyl sites for hydroxylation is 2. The van der Waals surface area contributed by atoms with Crippen LogP contribution in [-0.2, 0) is 13.1 Å². The van der Waals surface area contributed by atoms with E-state index in [1.807, 2.05) is 6.92 Å². The molecule has 6 rings (SSSR count). The van der Waals surface area contributed by atoms with Gasteiger partial charge in [-0.05, 0) is 81.1 Å². The van der Waals surface area contributed by atoms with Crippen LogP contribution in [0, 0.1) is 13.8 Å². The molecule has 0 saturated carbocycles. The topological polar surface area (TPSA) is 70.2 Å². The Bertz CT molecular complexity index is 1440. The van der Waals surface area contributed by atoms with Crippen molar-refractivity contribution in [3.63, 3.8) is 0 Å². The molecule has 0 atom stereocenters. The van der Waals surface area contributed by atoms with Crippen molar-refractivity contribution >= 4 is 16.9 Å². The van der Waals surface area contributed by atoms with E-state index in [2.05, 4.69) is 76.9 Å². The second-order valence-electron chi connectivity index (χ2n) is 10.7. The van der Waals surface area contributed by atoms with E-state index in [0.717, 1.165) is 72.7 Å². The summed E-state index contributed by atoms with van der Waals surface area (Å²) in [5, 5.41) is 0. The van der Waals surface area contributed by atoms with E-state index in [9.17, 15) is 0 Å². The van der Waals surface area contributed by atoms with E-state index in [1.54, 1.807) is 0 Å². The van der Waals surface area contributed by atoms with Crippen molar-refractivity contribution in [2.45, 2.75) is 59.5 Å².